The van der Waals surface area contributed by atoms with Gasteiger partial charge in [-0.25, -0.2) is 4.79 Å². The van der Waals surface area contributed by atoms with E-state index in [1.165, 1.54) is 23.8 Å². The predicted octanol–water partition coefficient (Wildman–Crippen LogP) is 3.08. The van der Waals surface area contributed by atoms with Gasteiger partial charge in [-0.2, -0.15) is 4.98 Å². The molecule has 0 saturated heterocycles. The number of fused-ring (bicyclic) bond motifs is 1. The number of nitrogens with one attached hydrogen (secondary N) is 1. The van der Waals surface area contributed by atoms with Crippen LogP contribution in [0.15, 0.2) is 28.9 Å². The highest BCUT2D eigenvalue weighted by Gasteiger charge is 2.14. The van der Waals surface area contributed by atoms with Crippen molar-refractivity contribution in [1.82, 2.24) is 4.98 Å². The largest absolute Gasteiger partial charge is 0.461 e. The molecule has 0 bridgehead atoms. The lowest BCUT2D eigenvalue weighted by Crippen LogP contribution is -2.05. The minimum Gasteiger partial charge on any atom is -0.461 e. The zero-order valence-corrected chi connectivity index (χ0v) is 11.3. The Labute approximate surface area is 117 Å². The number of hydrogen-bond acceptors (Lipinski definition) is 5. The third-order valence-corrected chi connectivity index (χ3v) is 3.34. The van der Waals surface area contributed by atoms with E-state index >= 15 is 0 Å². The van der Waals surface area contributed by atoms with E-state index in [4.69, 9.17) is 9.15 Å². The molecule has 1 heterocycles. The van der Waals surface area contributed by atoms with Crippen molar-refractivity contribution in [2.24, 2.45) is 0 Å². The van der Waals surface area contributed by atoms with E-state index in [1.54, 1.807) is 6.92 Å². The zero-order valence-electron chi connectivity index (χ0n) is 11.3. The summed E-state index contributed by atoms with van der Waals surface area (Å²) in [5, 5.41) is 3.07. The summed E-state index contributed by atoms with van der Waals surface area (Å²) in [6.45, 7) is 2.07. The molecule has 0 amide bonds. The molecule has 1 aliphatic rings. The van der Waals surface area contributed by atoms with E-state index in [1.807, 2.05) is 6.07 Å². The standard InChI is InChI=1S/C15H16N2O3/c1-2-19-14(18)13-9-20-15(17-13)16-12-7-6-10-4-3-5-11(10)8-12/h6-9H,2-5H2,1H3,(H,16,17). The highest BCUT2D eigenvalue weighted by atomic mass is 16.5. The van der Waals surface area contributed by atoms with Gasteiger partial charge in [-0.3, -0.25) is 0 Å². The summed E-state index contributed by atoms with van der Waals surface area (Å²) in [5.74, 6) is -0.474. The van der Waals surface area contributed by atoms with Crippen molar-refractivity contribution in [3.05, 3.63) is 41.3 Å². The summed E-state index contributed by atoms with van der Waals surface area (Å²) in [4.78, 5) is 15.6. The van der Waals surface area contributed by atoms with Crippen LogP contribution in [0.1, 0.15) is 35.0 Å². The van der Waals surface area contributed by atoms with E-state index in [-0.39, 0.29) is 5.69 Å². The molecule has 0 saturated carbocycles. The van der Waals surface area contributed by atoms with Crippen LogP contribution in [0.25, 0.3) is 0 Å². The van der Waals surface area contributed by atoms with Gasteiger partial charge in [-0.05, 0) is 49.4 Å². The first-order valence-electron chi connectivity index (χ1n) is 6.77. The summed E-state index contributed by atoms with van der Waals surface area (Å²) < 4.78 is 10.1. The number of aryl methyl sites for hydroxylation is 2. The lowest BCUT2D eigenvalue weighted by Gasteiger charge is -2.04. The quantitative estimate of drug-likeness (QED) is 0.866. The number of rotatable bonds is 4. The van der Waals surface area contributed by atoms with Crippen LogP contribution in [0, 0.1) is 0 Å². The molecule has 0 aliphatic heterocycles. The maximum atomic E-state index is 11.5. The average molecular weight is 272 g/mol. The zero-order chi connectivity index (χ0) is 13.9. The fraction of sp³-hybridized carbons (Fsp3) is 0.333. The minimum atomic E-state index is -0.474. The third kappa shape index (κ3) is 2.52. The maximum absolute atomic E-state index is 11.5. The maximum Gasteiger partial charge on any atom is 0.360 e. The molecule has 20 heavy (non-hydrogen) atoms. The average Bonchev–Trinajstić information content (AvgIpc) is 3.07. The van der Waals surface area contributed by atoms with Crippen molar-refractivity contribution < 1.29 is 13.9 Å². The van der Waals surface area contributed by atoms with Crippen LogP contribution in [0.3, 0.4) is 0 Å². The molecule has 1 aliphatic carbocycles. The van der Waals surface area contributed by atoms with Crippen molar-refractivity contribution >= 4 is 17.7 Å². The van der Waals surface area contributed by atoms with Crippen LogP contribution in [0.2, 0.25) is 0 Å². The highest BCUT2D eigenvalue weighted by Crippen LogP contribution is 2.26. The summed E-state index contributed by atoms with van der Waals surface area (Å²) in [5.41, 5.74) is 3.88. The van der Waals surface area contributed by atoms with Gasteiger partial charge in [-0.15, -0.1) is 0 Å². The van der Waals surface area contributed by atoms with Crippen LogP contribution >= 0.6 is 0 Å². The number of carbonyl (C=O) groups excluding carboxylic acids is 1. The molecule has 0 radical (unpaired) electrons. The van der Waals surface area contributed by atoms with E-state index in [2.05, 4.69) is 22.4 Å². The number of aromatic nitrogens is 1. The van der Waals surface area contributed by atoms with Crippen molar-refractivity contribution in [3.8, 4) is 0 Å². The number of ether oxygens (including phenoxy) is 1. The van der Waals surface area contributed by atoms with Gasteiger partial charge in [0.2, 0.25) is 0 Å². The first kappa shape index (κ1) is 12.7. The molecule has 0 fully saturated rings. The number of carbonyl (C=O) groups is 1. The second-order valence-electron chi connectivity index (χ2n) is 4.72. The second kappa shape index (κ2) is 5.36. The van der Waals surface area contributed by atoms with Crippen LogP contribution < -0.4 is 5.32 Å². The van der Waals surface area contributed by atoms with E-state index in [0.717, 1.165) is 18.5 Å². The molecule has 1 aromatic carbocycles. The van der Waals surface area contributed by atoms with Crippen LogP contribution in [-0.4, -0.2) is 17.6 Å². The van der Waals surface area contributed by atoms with Crippen molar-refractivity contribution in [3.63, 3.8) is 0 Å². The molecule has 0 spiro atoms. The van der Waals surface area contributed by atoms with Crippen LogP contribution in [0.5, 0.6) is 0 Å². The normalized spacial score (nSPS) is 13.1. The Balaban J connectivity index is 1.73. The fourth-order valence-electron chi connectivity index (χ4n) is 2.40. The monoisotopic (exact) mass is 272 g/mol. The molecule has 3 rings (SSSR count). The van der Waals surface area contributed by atoms with E-state index < -0.39 is 5.97 Å². The highest BCUT2D eigenvalue weighted by molar-refractivity contribution is 5.87. The molecular weight excluding hydrogens is 256 g/mol. The first-order chi connectivity index (χ1) is 9.76. The van der Waals surface area contributed by atoms with Gasteiger partial charge in [0, 0.05) is 5.69 Å². The number of oxazole rings is 1. The Morgan fingerprint density at radius 3 is 3.10 bits per heavy atom. The number of esters is 1. The summed E-state index contributed by atoms with van der Waals surface area (Å²) in [6, 6.07) is 6.53. The number of nitrogens with zero attached hydrogens (tertiary/aromatic N) is 1. The number of anilines is 2. The number of hydrogen-bond donors (Lipinski definition) is 1. The minimum absolute atomic E-state index is 0.176. The third-order valence-electron chi connectivity index (χ3n) is 3.34. The molecular formula is C15H16N2O3. The van der Waals surface area contributed by atoms with Gasteiger partial charge >= 0.3 is 5.97 Å². The van der Waals surface area contributed by atoms with Crippen LogP contribution in [0.4, 0.5) is 11.7 Å². The molecule has 1 N–H and O–H groups in total. The molecule has 104 valence electrons. The molecule has 2 aromatic rings. The molecule has 5 nitrogen and oxygen atoms in total. The number of benzene rings is 1. The molecule has 0 atom stereocenters. The van der Waals surface area contributed by atoms with Gasteiger partial charge in [-0.1, -0.05) is 6.07 Å². The van der Waals surface area contributed by atoms with Gasteiger partial charge in [0.15, 0.2) is 5.69 Å². The van der Waals surface area contributed by atoms with Crippen molar-refractivity contribution in [2.75, 3.05) is 11.9 Å². The van der Waals surface area contributed by atoms with Gasteiger partial charge in [0.1, 0.15) is 6.26 Å². The van der Waals surface area contributed by atoms with E-state index in [9.17, 15) is 4.79 Å². The van der Waals surface area contributed by atoms with Crippen LogP contribution in [-0.2, 0) is 17.6 Å². The SMILES string of the molecule is CCOC(=O)c1coc(Nc2ccc3c(c2)CCC3)n1. The lowest BCUT2D eigenvalue weighted by atomic mass is 10.1. The molecule has 5 heteroatoms. The molecule has 0 unspecified atom stereocenters. The Bertz CT molecular complexity index is 634. The van der Waals surface area contributed by atoms with Crippen molar-refractivity contribution in [2.45, 2.75) is 26.2 Å². The summed E-state index contributed by atoms with van der Waals surface area (Å²) in [7, 11) is 0. The Morgan fingerprint density at radius 2 is 2.25 bits per heavy atom. The predicted molar refractivity (Wildman–Crippen MR) is 74.2 cm³/mol. The Kier molecular flexibility index (Phi) is 3.41. The van der Waals surface area contributed by atoms with E-state index in [0.29, 0.717) is 12.6 Å². The topological polar surface area (TPSA) is 64.4 Å². The Morgan fingerprint density at radius 1 is 1.40 bits per heavy atom. The smallest absolute Gasteiger partial charge is 0.360 e. The second-order valence-corrected chi connectivity index (χ2v) is 4.72. The van der Waals surface area contributed by atoms with Crippen molar-refractivity contribution in [1.29, 1.82) is 0 Å². The van der Waals surface area contributed by atoms with Gasteiger partial charge in [0.05, 0.1) is 6.61 Å². The summed E-state index contributed by atoms with van der Waals surface area (Å²) in [6.07, 6.45) is 4.78. The lowest BCUT2D eigenvalue weighted by molar-refractivity contribution is 0.0519. The summed E-state index contributed by atoms with van der Waals surface area (Å²) >= 11 is 0. The van der Waals surface area contributed by atoms with Gasteiger partial charge in [0.25, 0.3) is 6.01 Å². The molecule has 1 aromatic heterocycles. The van der Waals surface area contributed by atoms with Gasteiger partial charge < -0.3 is 14.5 Å². The fourth-order valence-corrected chi connectivity index (χ4v) is 2.40. The first-order valence-corrected chi connectivity index (χ1v) is 6.77. The Hall–Kier alpha value is -2.30.